The van der Waals surface area contributed by atoms with Gasteiger partial charge < -0.3 is 10.2 Å². The molecule has 0 aliphatic heterocycles. The van der Waals surface area contributed by atoms with Crippen molar-refractivity contribution in [2.45, 2.75) is 45.2 Å². The maximum absolute atomic E-state index is 6.18. The zero-order valence-electron chi connectivity index (χ0n) is 12.4. The lowest BCUT2D eigenvalue weighted by Gasteiger charge is -2.32. The zero-order valence-corrected chi connectivity index (χ0v) is 13.9. The molecule has 1 N–H and O–H groups in total. The van der Waals surface area contributed by atoms with Gasteiger partial charge in [0.05, 0.1) is 4.34 Å². The minimum Gasteiger partial charge on any atom is -0.308 e. The van der Waals surface area contributed by atoms with Gasteiger partial charge in [0.2, 0.25) is 0 Å². The summed E-state index contributed by atoms with van der Waals surface area (Å²) in [7, 11) is 4.29. The van der Waals surface area contributed by atoms with Crippen molar-refractivity contribution < 1.29 is 0 Å². The van der Waals surface area contributed by atoms with E-state index in [4.69, 9.17) is 11.6 Å². The second-order valence-corrected chi connectivity index (χ2v) is 7.92. The first-order valence-electron chi connectivity index (χ1n) is 7.16. The number of fused-ring (bicyclic) bond motifs is 1. The summed E-state index contributed by atoms with van der Waals surface area (Å²) in [4.78, 5) is 3.75. The van der Waals surface area contributed by atoms with Gasteiger partial charge in [-0.2, -0.15) is 0 Å². The van der Waals surface area contributed by atoms with Crippen molar-refractivity contribution in [2.75, 3.05) is 20.6 Å². The molecule has 4 heteroatoms. The van der Waals surface area contributed by atoms with Crippen molar-refractivity contribution in [2.24, 2.45) is 5.92 Å². The molecule has 0 fully saturated rings. The Bertz CT molecular complexity index is 414. The monoisotopic (exact) mass is 300 g/mol. The van der Waals surface area contributed by atoms with E-state index in [-0.39, 0.29) is 0 Å². The quantitative estimate of drug-likeness (QED) is 0.885. The molecule has 0 amide bonds. The molecule has 2 atom stereocenters. The van der Waals surface area contributed by atoms with Crippen molar-refractivity contribution in [3.63, 3.8) is 0 Å². The first-order valence-corrected chi connectivity index (χ1v) is 8.35. The van der Waals surface area contributed by atoms with Crippen molar-refractivity contribution in [1.82, 2.24) is 10.2 Å². The molecule has 1 heterocycles. The van der Waals surface area contributed by atoms with Gasteiger partial charge >= 0.3 is 0 Å². The first kappa shape index (κ1) is 15.3. The standard InChI is InChI=1S/C15H25ClN2S/c1-10(2)13(9-18(3)4)17-12-6-5-7-14-11(12)8-15(16)19-14/h8,10,12-13,17H,5-7,9H2,1-4H3. The predicted octanol–water partition coefficient (Wildman–Crippen LogP) is 3.95. The number of halogens is 1. The maximum Gasteiger partial charge on any atom is 0.0934 e. The topological polar surface area (TPSA) is 15.3 Å². The number of hydrogen-bond acceptors (Lipinski definition) is 3. The molecule has 2 unspecified atom stereocenters. The SMILES string of the molecule is CC(C)C(CN(C)C)NC1CCCc2sc(Cl)cc21. The Balaban J connectivity index is 2.09. The van der Waals surface area contributed by atoms with Gasteiger partial charge in [0.25, 0.3) is 0 Å². The fraction of sp³-hybridized carbons (Fsp3) is 0.733. The van der Waals surface area contributed by atoms with Crippen molar-refractivity contribution in [3.8, 4) is 0 Å². The Labute approximate surface area is 126 Å². The lowest BCUT2D eigenvalue weighted by atomic mass is 9.92. The molecule has 0 saturated carbocycles. The van der Waals surface area contributed by atoms with Gasteiger partial charge in [0.15, 0.2) is 0 Å². The summed E-state index contributed by atoms with van der Waals surface area (Å²) in [5.41, 5.74) is 1.45. The minimum absolute atomic E-state index is 0.486. The smallest absolute Gasteiger partial charge is 0.0934 e. The van der Waals surface area contributed by atoms with Crippen molar-refractivity contribution >= 4 is 22.9 Å². The summed E-state index contributed by atoms with van der Waals surface area (Å²) < 4.78 is 0.937. The summed E-state index contributed by atoms with van der Waals surface area (Å²) >= 11 is 7.94. The van der Waals surface area contributed by atoms with E-state index >= 15 is 0 Å². The molecule has 0 spiro atoms. The van der Waals surface area contributed by atoms with E-state index in [0.29, 0.717) is 18.0 Å². The number of nitrogens with one attached hydrogen (secondary N) is 1. The van der Waals surface area contributed by atoms with Crippen LogP contribution in [-0.4, -0.2) is 31.6 Å². The number of likely N-dealkylation sites (N-methyl/N-ethyl adjacent to an activating group) is 1. The van der Waals surface area contributed by atoms with Crippen LogP contribution < -0.4 is 5.32 Å². The van der Waals surface area contributed by atoms with Gasteiger partial charge in [-0.25, -0.2) is 0 Å². The van der Waals surface area contributed by atoms with Gasteiger partial charge in [-0.1, -0.05) is 25.4 Å². The summed E-state index contributed by atoms with van der Waals surface area (Å²) in [6.07, 6.45) is 3.70. The second-order valence-electron chi connectivity index (χ2n) is 6.15. The van der Waals surface area contributed by atoms with E-state index < -0.39 is 0 Å². The predicted molar refractivity (Wildman–Crippen MR) is 85.3 cm³/mol. The maximum atomic E-state index is 6.18. The average Bonchev–Trinajstić information content (AvgIpc) is 2.68. The molecule has 0 bridgehead atoms. The third-order valence-corrected chi connectivity index (χ3v) is 5.21. The molecule has 1 aliphatic carbocycles. The fourth-order valence-corrected chi connectivity index (χ4v) is 4.19. The molecular weight excluding hydrogens is 276 g/mol. The van der Waals surface area contributed by atoms with Gasteiger partial charge in [-0.15, -0.1) is 11.3 Å². The Morgan fingerprint density at radius 3 is 2.84 bits per heavy atom. The number of hydrogen-bond donors (Lipinski definition) is 1. The highest BCUT2D eigenvalue weighted by molar-refractivity contribution is 7.16. The molecule has 19 heavy (non-hydrogen) atoms. The summed E-state index contributed by atoms with van der Waals surface area (Å²) in [5.74, 6) is 0.641. The molecule has 0 aromatic carbocycles. The first-order chi connectivity index (χ1) is 8.97. The van der Waals surface area contributed by atoms with Crippen LogP contribution in [0, 0.1) is 5.92 Å². The third-order valence-electron chi connectivity index (χ3n) is 3.87. The Morgan fingerprint density at radius 2 is 2.21 bits per heavy atom. The molecule has 1 aliphatic rings. The van der Waals surface area contributed by atoms with Gasteiger partial charge in [0.1, 0.15) is 0 Å². The lowest BCUT2D eigenvalue weighted by Crippen LogP contribution is -2.44. The minimum atomic E-state index is 0.486. The Kier molecular flexibility index (Phi) is 5.29. The van der Waals surface area contributed by atoms with Crippen LogP contribution in [0.3, 0.4) is 0 Å². The molecule has 1 aromatic heterocycles. The lowest BCUT2D eigenvalue weighted by molar-refractivity contribution is 0.261. The molecule has 1 aromatic rings. The normalized spacial score (nSPS) is 20.9. The van der Waals surface area contributed by atoms with Crippen LogP contribution in [0.15, 0.2) is 6.07 Å². The highest BCUT2D eigenvalue weighted by Crippen LogP contribution is 2.38. The molecule has 0 radical (unpaired) electrons. The van der Waals surface area contributed by atoms with Crippen LogP contribution in [0.2, 0.25) is 4.34 Å². The fourth-order valence-electron chi connectivity index (χ4n) is 2.80. The molecular formula is C15H25ClN2S. The summed E-state index contributed by atoms with van der Waals surface area (Å²) in [5, 5.41) is 3.86. The van der Waals surface area contributed by atoms with Crippen molar-refractivity contribution in [3.05, 3.63) is 20.8 Å². The largest absolute Gasteiger partial charge is 0.308 e. The van der Waals surface area contributed by atoms with Crippen LogP contribution in [0.4, 0.5) is 0 Å². The summed E-state index contributed by atoms with van der Waals surface area (Å²) in [6.45, 7) is 5.68. The number of nitrogens with zero attached hydrogens (tertiary/aromatic N) is 1. The van der Waals surface area contributed by atoms with Crippen LogP contribution >= 0.6 is 22.9 Å². The number of rotatable bonds is 5. The van der Waals surface area contributed by atoms with Gasteiger partial charge in [-0.05, 0) is 50.9 Å². The zero-order chi connectivity index (χ0) is 14.0. The van der Waals surface area contributed by atoms with Gasteiger partial charge in [-0.3, -0.25) is 0 Å². The van der Waals surface area contributed by atoms with E-state index in [2.05, 4.69) is 44.2 Å². The Morgan fingerprint density at radius 1 is 1.47 bits per heavy atom. The average molecular weight is 301 g/mol. The second kappa shape index (κ2) is 6.57. The number of thiophene rings is 1. The number of aryl methyl sites for hydroxylation is 1. The van der Waals surface area contributed by atoms with Crippen LogP contribution in [0.25, 0.3) is 0 Å². The molecule has 108 valence electrons. The van der Waals surface area contributed by atoms with E-state index in [0.717, 1.165) is 10.9 Å². The molecule has 2 nitrogen and oxygen atoms in total. The molecule has 2 rings (SSSR count). The van der Waals surface area contributed by atoms with E-state index in [1.165, 1.54) is 29.7 Å². The van der Waals surface area contributed by atoms with E-state index in [1.807, 2.05) is 0 Å². The Hall–Kier alpha value is -0.0900. The van der Waals surface area contributed by atoms with Crippen LogP contribution in [0.1, 0.15) is 43.2 Å². The van der Waals surface area contributed by atoms with E-state index in [1.54, 1.807) is 11.3 Å². The highest BCUT2D eigenvalue weighted by Gasteiger charge is 2.26. The highest BCUT2D eigenvalue weighted by atomic mass is 35.5. The van der Waals surface area contributed by atoms with Crippen LogP contribution in [0.5, 0.6) is 0 Å². The van der Waals surface area contributed by atoms with Gasteiger partial charge in [0, 0.05) is 23.5 Å². The van der Waals surface area contributed by atoms with E-state index in [9.17, 15) is 0 Å². The van der Waals surface area contributed by atoms with Crippen LogP contribution in [-0.2, 0) is 6.42 Å². The molecule has 0 saturated heterocycles. The van der Waals surface area contributed by atoms with Crippen molar-refractivity contribution in [1.29, 1.82) is 0 Å². The summed E-state index contributed by atoms with van der Waals surface area (Å²) in [6, 6.07) is 3.19. The third kappa shape index (κ3) is 3.94.